The number of piperazine rings is 1. The second-order valence-corrected chi connectivity index (χ2v) is 9.01. The summed E-state index contributed by atoms with van der Waals surface area (Å²) in [6.07, 6.45) is 3.89. The molecule has 0 aromatic heterocycles. The largest absolute Gasteiger partial charge is 0.357 e. The van der Waals surface area contributed by atoms with Crippen LogP contribution in [0.15, 0.2) is 29.3 Å². The third-order valence-electron chi connectivity index (χ3n) is 6.26. The molecule has 3 aliphatic rings. The molecule has 2 N–H and O–H groups in total. The van der Waals surface area contributed by atoms with Crippen molar-refractivity contribution >= 4 is 41.8 Å². The maximum atomic E-state index is 12.1. The minimum Gasteiger partial charge on any atom is -0.357 e. The van der Waals surface area contributed by atoms with E-state index < -0.39 is 0 Å². The second kappa shape index (κ2) is 12.5. The number of hydrogen-bond donors (Lipinski definition) is 2. The molecule has 9 heteroatoms. The van der Waals surface area contributed by atoms with Crippen molar-refractivity contribution in [3.8, 4) is 0 Å². The molecule has 8 nitrogen and oxygen atoms in total. The molecule has 1 saturated carbocycles. The minimum absolute atomic E-state index is 0. The predicted octanol–water partition coefficient (Wildman–Crippen LogP) is 1.79. The highest BCUT2D eigenvalue weighted by Crippen LogP contribution is 2.18. The molecule has 0 radical (unpaired) electrons. The minimum atomic E-state index is 0. The summed E-state index contributed by atoms with van der Waals surface area (Å²) in [4.78, 5) is 35.3. The molecule has 2 aliphatic heterocycles. The predicted molar refractivity (Wildman–Crippen MR) is 141 cm³/mol. The van der Waals surface area contributed by atoms with Gasteiger partial charge >= 0.3 is 0 Å². The highest BCUT2D eigenvalue weighted by Gasteiger charge is 2.26. The first kappa shape index (κ1) is 25.7. The molecule has 2 saturated heterocycles. The molecule has 1 aliphatic carbocycles. The Hall–Kier alpha value is -1.88. The van der Waals surface area contributed by atoms with Crippen LogP contribution in [0.25, 0.3) is 0 Å². The first-order chi connectivity index (χ1) is 15.6. The quantitative estimate of drug-likeness (QED) is 0.284. The van der Waals surface area contributed by atoms with Crippen LogP contribution in [0, 0.1) is 0 Å². The highest BCUT2D eigenvalue weighted by molar-refractivity contribution is 14.0. The van der Waals surface area contributed by atoms with Gasteiger partial charge in [0.05, 0.1) is 13.1 Å². The van der Waals surface area contributed by atoms with Crippen molar-refractivity contribution in [3.63, 3.8) is 0 Å². The second-order valence-electron chi connectivity index (χ2n) is 9.01. The van der Waals surface area contributed by atoms with E-state index in [0.29, 0.717) is 32.1 Å². The van der Waals surface area contributed by atoms with E-state index in [1.54, 1.807) is 0 Å². The summed E-state index contributed by atoms with van der Waals surface area (Å²) in [5.41, 5.74) is 2.32. The smallest absolute Gasteiger partial charge is 0.234 e. The Morgan fingerprint density at radius 3 is 2.55 bits per heavy atom. The fraction of sp³-hybridized carbons (Fsp3) is 0.625. The molecular formula is C24H37IN6O2. The van der Waals surface area contributed by atoms with Gasteiger partial charge in [0.2, 0.25) is 11.8 Å². The number of amides is 2. The summed E-state index contributed by atoms with van der Waals surface area (Å²) in [5.74, 6) is 1.33. The molecule has 33 heavy (non-hydrogen) atoms. The van der Waals surface area contributed by atoms with Gasteiger partial charge in [-0.3, -0.25) is 14.5 Å². The molecule has 0 bridgehead atoms. The van der Waals surface area contributed by atoms with Crippen LogP contribution in [0.3, 0.4) is 0 Å². The molecule has 3 fully saturated rings. The van der Waals surface area contributed by atoms with Crippen LogP contribution >= 0.6 is 24.0 Å². The maximum Gasteiger partial charge on any atom is 0.234 e. The van der Waals surface area contributed by atoms with Crippen LogP contribution in [-0.2, 0) is 22.7 Å². The number of carbonyl (C=O) groups is 2. The van der Waals surface area contributed by atoms with Crippen molar-refractivity contribution in [1.29, 1.82) is 0 Å². The number of benzene rings is 1. The van der Waals surface area contributed by atoms with Gasteiger partial charge in [-0.2, -0.15) is 0 Å². The zero-order chi connectivity index (χ0) is 22.3. The third kappa shape index (κ3) is 7.84. The van der Waals surface area contributed by atoms with Crippen molar-refractivity contribution in [3.05, 3.63) is 35.4 Å². The van der Waals surface area contributed by atoms with E-state index in [1.807, 2.05) is 4.90 Å². The Morgan fingerprint density at radius 1 is 1.12 bits per heavy atom. The SMILES string of the molecule is CCNC(=NCc1cccc(CN2CCCC2=O)c1)N1CCN(CC(=O)NC2CC2)CC1.I. The van der Waals surface area contributed by atoms with Gasteiger partial charge in [-0.05, 0) is 37.3 Å². The number of rotatable bonds is 8. The van der Waals surface area contributed by atoms with E-state index in [9.17, 15) is 9.59 Å². The topological polar surface area (TPSA) is 80.3 Å². The summed E-state index contributed by atoms with van der Waals surface area (Å²) in [7, 11) is 0. The van der Waals surface area contributed by atoms with Gasteiger partial charge in [0, 0.05) is 58.3 Å². The lowest BCUT2D eigenvalue weighted by Gasteiger charge is -2.36. The van der Waals surface area contributed by atoms with E-state index >= 15 is 0 Å². The number of nitrogens with one attached hydrogen (secondary N) is 2. The van der Waals surface area contributed by atoms with Crippen molar-refractivity contribution in [2.45, 2.75) is 51.7 Å². The van der Waals surface area contributed by atoms with Crippen molar-refractivity contribution in [2.24, 2.45) is 4.99 Å². The van der Waals surface area contributed by atoms with Crippen molar-refractivity contribution in [1.82, 2.24) is 25.3 Å². The van der Waals surface area contributed by atoms with E-state index in [1.165, 1.54) is 0 Å². The standard InChI is InChI=1S/C24H36N6O2.HI/c1-2-25-24(29-13-11-28(12-14-29)18-22(31)27-21-8-9-21)26-16-19-5-3-6-20(15-19)17-30-10-4-7-23(30)32;/h3,5-6,15,21H,2,4,7-14,16-18H2,1H3,(H,25,26)(H,27,31);1H. The zero-order valence-electron chi connectivity index (χ0n) is 19.6. The number of aliphatic imine (C=N–C) groups is 1. The Kier molecular flexibility index (Phi) is 9.78. The normalized spacial score (nSPS) is 19.4. The van der Waals surface area contributed by atoms with Crippen molar-refractivity contribution in [2.75, 3.05) is 45.8 Å². The number of carbonyl (C=O) groups excluding carboxylic acids is 2. The fourth-order valence-corrected chi connectivity index (χ4v) is 4.33. The Balaban J connectivity index is 0.00000306. The fourth-order valence-electron chi connectivity index (χ4n) is 4.33. The van der Waals surface area contributed by atoms with Crippen LogP contribution in [0.1, 0.15) is 43.7 Å². The van der Waals surface area contributed by atoms with Crippen LogP contribution in [0.5, 0.6) is 0 Å². The molecule has 182 valence electrons. The van der Waals surface area contributed by atoms with Gasteiger partial charge < -0.3 is 20.4 Å². The Labute approximate surface area is 214 Å². The lowest BCUT2D eigenvalue weighted by Crippen LogP contribution is -2.54. The van der Waals surface area contributed by atoms with Gasteiger partial charge in [-0.15, -0.1) is 24.0 Å². The lowest BCUT2D eigenvalue weighted by molar-refractivity contribution is -0.128. The average molecular weight is 569 g/mol. The van der Waals surface area contributed by atoms with E-state index in [-0.39, 0.29) is 35.8 Å². The van der Waals surface area contributed by atoms with Crippen LogP contribution in [0.2, 0.25) is 0 Å². The summed E-state index contributed by atoms with van der Waals surface area (Å²) in [5, 5.41) is 6.49. The van der Waals surface area contributed by atoms with Gasteiger partial charge in [-0.25, -0.2) is 4.99 Å². The number of guanidine groups is 1. The van der Waals surface area contributed by atoms with Crippen LogP contribution < -0.4 is 10.6 Å². The van der Waals surface area contributed by atoms with E-state index in [0.717, 1.165) is 75.6 Å². The molecule has 4 rings (SSSR count). The summed E-state index contributed by atoms with van der Waals surface area (Å²) in [6, 6.07) is 8.82. The summed E-state index contributed by atoms with van der Waals surface area (Å²) >= 11 is 0. The molecule has 0 spiro atoms. The highest BCUT2D eigenvalue weighted by atomic mass is 127. The monoisotopic (exact) mass is 568 g/mol. The maximum absolute atomic E-state index is 12.1. The molecule has 2 amide bonds. The van der Waals surface area contributed by atoms with E-state index in [2.05, 4.69) is 51.6 Å². The lowest BCUT2D eigenvalue weighted by atomic mass is 10.1. The Morgan fingerprint density at radius 2 is 1.88 bits per heavy atom. The van der Waals surface area contributed by atoms with Gasteiger partial charge in [0.15, 0.2) is 5.96 Å². The van der Waals surface area contributed by atoms with Gasteiger partial charge in [-0.1, -0.05) is 24.3 Å². The average Bonchev–Trinajstić information content (AvgIpc) is 3.51. The molecule has 2 heterocycles. The van der Waals surface area contributed by atoms with Crippen LogP contribution in [-0.4, -0.2) is 84.3 Å². The van der Waals surface area contributed by atoms with Crippen molar-refractivity contribution < 1.29 is 9.59 Å². The molecule has 0 unspecified atom stereocenters. The van der Waals surface area contributed by atoms with Crippen LogP contribution in [0.4, 0.5) is 0 Å². The molecular weight excluding hydrogens is 531 g/mol. The third-order valence-corrected chi connectivity index (χ3v) is 6.26. The van der Waals surface area contributed by atoms with Gasteiger partial charge in [0.1, 0.15) is 0 Å². The molecule has 0 atom stereocenters. The first-order valence-corrected chi connectivity index (χ1v) is 12.0. The number of nitrogens with zero attached hydrogens (tertiary/aromatic N) is 4. The number of likely N-dealkylation sites (tertiary alicyclic amines) is 1. The van der Waals surface area contributed by atoms with Gasteiger partial charge in [0.25, 0.3) is 0 Å². The van der Waals surface area contributed by atoms with E-state index in [4.69, 9.17) is 4.99 Å². The zero-order valence-corrected chi connectivity index (χ0v) is 21.9. The first-order valence-electron chi connectivity index (χ1n) is 12.0. The number of halogens is 1. The summed E-state index contributed by atoms with van der Waals surface area (Å²) in [6.45, 7) is 9.00. The molecule has 1 aromatic rings. The summed E-state index contributed by atoms with van der Waals surface area (Å²) < 4.78 is 0. The Bertz CT molecular complexity index is 836. The molecule has 1 aromatic carbocycles. The number of hydrogen-bond acceptors (Lipinski definition) is 4.